The van der Waals surface area contributed by atoms with E-state index >= 15 is 0 Å². The van der Waals surface area contributed by atoms with E-state index in [-0.39, 0.29) is 55.4 Å². The third-order valence-electron chi connectivity index (χ3n) is 9.26. The van der Waals surface area contributed by atoms with Gasteiger partial charge in [-0.2, -0.15) is 8.75 Å². The Morgan fingerprint density at radius 1 is 0.641 bits per heavy atom. The van der Waals surface area contributed by atoms with E-state index in [2.05, 4.69) is 8.75 Å². The van der Waals surface area contributed by atoms with Gasteiger partial charge in [0.2, 0.25) is 18.3 Å². The zero-order valence-corrected chi connectivity index (χ0v) is 39.3. The zero-order valence-electron chi connectivity index (χ0n) is 38.5. The molecule has 0 fully saturated rings. The lowest BCUT2D eigenvalue weighted by Crippen LogP contribution is -2.29. The summed E-state index contributed by atoms with van der Waals surface area (Å²) in [6.45, 7) is 23.2. The number of aldehydes is 1. The van der Waals surface area contributed by atoms with E-state index in [1.165, 1.54) is 0 Å². The van der Waals surface area contributed by atoms with Gasteiger partial charge in [-0.25, -0.2) is 4.79 Å². The molecule has 1 N–H and O–H groups in total. The van der Waals surface area contributed by atoms with E-state index < -0.39 is 11.8 Å². The Labute approximate surface area is 378 Å². The van der Waals surface area contributed by atoms with Crippen LogP contribution in [-0.2, 0) is 21.7 Å². The molecule has 5 aromatic rings. The SMILES string of the molecule is CC(C)Oc1cc(C=O)cc(OC(C)C)c1OC(C)C.CC(C)Oc1cc(CC2=C(c3ccc4nsnc4c3)C(=O)OC2(O)c2ccc3c(c2)OCO3)cc(OC(C)C)c1OC(C)C. The lowest BCUT2D eigenvalue weighted by molar-refractivity contribution is -0.185. The number of ether oxygens (including phenoxy) is 9. The van der Waals surface area contributed by atoms with Gasteiger partial charge < -0.3 is 47.7 Å². The second kappa shape index (κ2) is 20.2. The van der Waals surface area contributed by atoms with Gasteiger partial charge in [0.05, 0.1) is 53.9 Å². The molecule has 0 saturated heterocycles. The lowest BCUT2D eigenvalue weighted by Gasteiger charge is -2.27. The molecular weight excluding hydrogens is 841 g/mol. The first-order chi connectivity index (χ1) is 30.3. The molecule has 4 aromatic carbocycles. The number of cyclic esters (lactones) is 1. The third-order valence-corrected chi connectivity index (χ3v) is 9.82. The average molecular weight is 899 g/mol. The fraction of sp³-hybridized carbons (Fsp3) is 0.429. The smallest absolute Gasteiger partial charge is 0.342 e. The largest absolute Gasteiger partial charge is 0.487 e. The maximum atomic E-state index is 13.7. The van der Waals surface area contributed by atoms with E-state index in [4.69, 9.17) is 42.6 Å². The molecule has 15 heteroatoms. The van der Waals surface area contributed by atoms with Gasteiger partial charge in [0.25, 0.3) is 5.79 Å². The molecule has 7 rings (SSSR count). The van der Waals surface area contributed by atoms with Crippen LogP contribution in [0.3, 0.4) is 0 Å². The van der Waals surface area contributed by atoms with Crippen LogP contribution in [0.25, 0.3) is 16.6 Å². The Bertz CT molecular complexity index is 2430. The van der Waals surface area contributed by atoms with Gasteiger partial charge in [-0.05, 0) is 149 Å². The van der Waals surface area contributed by atoms with Gasteiger partial charge in [-0.3, -0.25) is 4.79 Å². The number of carbonyl (C=O) groups excluding carboxylic acids is 2. The first-order valence-corrected chi connectivity index (χ1v) is 22.2. The highest BCUT2D eigenvalue weighted by molar-refractivity contribution is 7.00. The first kappa shape index (κ1) is 47.4. The van der Waals surface area contributed by atoms with E-state index in [9.17, 15) is 14.7 Å². The number of fused-ring (bicyclic) bond motifs is 2. The van der Waals surface area contributed by atoms with Crippen molar-refractivity contribution in [2.24, 2.45) is 0 Å². The Balaban J connectivity index is 0.000000286. The monoisotopic (exact) mass is 898 g/mol. The molecule has 1 unspecified atom stereocenters. The molecule has 0 radical (unpaired) electrons. The minimum Gasteiger partial charge on any atom is -0.487 e. The van der Waals surface area contributed by atoms with E-state index in [0.717, 1.165) is 18.0 Å². The van der Waals surface area contributed by atoms with Crippen LogP contribution in [0.1, 0.15) is 110 Å². The molecule has 3 heterocycles. The summed E-state index contributed by atoms with van der Waals surface area (Å²) in [5.41, 5.74) is 4.03. The maximum absolute atomic E-state index is 13.7. The molecule has 0 bridgehead atoms. The Morgan fingerprint density at radius 3 is 1.66 bits per heavy atom. The van der Waals surface area contributed by atoms with Gasteiger partial charge in [0.15, 0.2) is 34.5 Å². The van der Waals surface area contributed by atoms with Gasteiger partial charge >= 0.3 is 5.97 Å². The van der Waals surface area contributed by atoms with Crippen molar-refractivity contribution in [1.29, 1.82) is 0 Å². The van der Waals surface area contributed by atoms with E-state index in [0.29, 0.717) is 84.9 Å². The van der Waals surface area contributed by atoms with Crippen LogP contribution < -0.4 is 37.9 Å². The summed E-state index contributed by atoms with van der Waals surface area (Å²) in [6, 6.07) is 17.4. The Kier molecular flexibility index (Phi) is 15.0. The highest BCUT2D eigenvalue weighted by Crippen LogP contribution is 2.49. The topological polar surface area (TPSA) is 163 Å². The second-order valence-electron chi connectivity index (χ2n) is 17.0. The van der Waals surface area contributed by atoms with Crippen molar-refractivity contribution >= 4 is 40.6 Å². The number of hydrogen-bond acceptors (Lipinski definition) is 15. The molecule has 0 saturated carbocycles. The van der Waals surface area contributed by atoms with Crippen molar-refractivity contribution in [2.45, 2.75) is 132 Å². The summed E-state index contributed by atoms with van der Waals surface area (Å²) >= 11 is 1.09. The van der Waals surface area contributed by atoms with E-state index in [1.807, 2.05) is 95.2 Å². The third kappa shape index (κ3) is 11.2. The molecular formula is C49H58N2O12S. The summed E-state index contributed by atoms with van der Waals surface area (Å²) in [4.78, 5) is 24.7. The maximum Gasteiger partial charge on any atom is 0.342 e. The average Bonchev–Trinajstić information content (AvgIpc) is 3.94. The number of hydrogen-bond donors (Lipinski definition) is 1. The molecule has 2 aliphatic rings. The second-order valence-corrected chi connectivity index (χ2v) is 17.5. The highest BCUT2D eigenvalue weighted by Gasteiger charge is 2.49. The molecule has 64 heavy (non-hydrogen) atoms. The normalized spacial score (nSPS) is 15.6. The fourth-order valence-corrected chi connectivity index (χ4v) is 7.51. The summed E-state index contributed by atoms with van der Waals surface area (Å²) in [6.07, 6.45) is 0.414. The van der Waals surface area contributed by atoms with Crippen molar-refractivity contribution in [1.82, 2.24) is 8.75 Å². The van der Waals surface area contributed by atoms with Crippen LogP contribution in [0.4, 0.5) is 0 Å². The van der Waals surface area contributed by atoms with Crippen molar-refractivity contribution < 1.29 is 57.3 Å². The van der Waals surface area contributed by atoms with Crippen molar-refractivity contribution in [2.75, 3.05) is 6.79 Å². The number of aliphatic hydroxyl groups is 1. The van der Waals surface area contributed by atoms with Crippen molar-refractivity contribution in [3.63, 3.8) is 0 Å². The minimum atomic E-state index is -2.10. The summed E-state index contributed by atoms with van der Waals surface area (Å²) in [5, 5.41) is 12.3. The predicted molar refractivity (Wildman–Crippen MR) is 243 cm³/mol. The van der Waals surface area contributed by atoms with Gasteiger partial charge in [-0.1, -0.05) is 6.07 Å². The van der Waals surface area contributed by atoms with Gasteiger partial charge in [0.1, 0.15) is 17.3 Å². The number of aromatic nitrogens is 2. The van der Waals surface area contributed by atoms with Gasteiger partial charge in [0, 0.05) is 23.1 Å². The van der Waals surface area contributed by atoms with Crippen LogP contribution in [0.5, 0.6) is 46.0 Å². The van der Waals surface area contributed by atoms with Crippen LogP contribution in [-0.4, -0.2) is 69.5 Å². The van der Waals surface area contributed by atoms with Crippen LogP contribution in [0.2, 0.25) is 0 Å². The molecule has 342 valence electrons. The molecule has 14 nitrogen and oxygen atoms in total. The minimum absolute atomic E-state index is 0.0129. The quantitative estimate of drug-likeness (QED) is 0.0693. The Morgan fingerprint density at radius 2 is 1.14 bits per heavy atom. The number of esters is 1. The summed E-state index contributed by atoms with van der Waals surface area (Å²) in [5.74, 6) is 1.33. The number of benzene rings is 4. The van der Waals surface area contributed by atoms with E-state index in [1.54, 1.807) is 48.5 Å². The van der Waals surface area contributed by atoms with Crippen LogP contribution >= 0.6 is 11.7 Å². The van der Waals surface area contributed by atoms with Crippen molar-refractivity contribution in [3.8, 4) is 46.0 Å². The van der Waals surface area contributed by atoms with Crippen LogP contribution in [0, 0.1) is 0 Å². The molecule has 1 aromatic heterocycles. The van der Waals surface area contributed by atoms with Gasteiger partial charge in [-0.15, -0.1) is 0 Å². The summed E-state index contributed by atoms with van der Waals surface area (Å²) < 4.78 is 61.4. The molecule has 0 aliphatic carbocycles. The number of carbonyl (C=O) groups is 2. The zero-order chi connectivity index (χ0) is 46.5. The predicted octanol–water partition coefficient (Wildman–Crippen LogP) is 10.0. The molecule has 0 spiro atoms. The number of nitrogens with zero attached hydrogens (tertiary/aromatic N) is 2. The standard InChI is InChI=1S/C33H34N2O8S.C16H24O4/c1-17(2)40-28-12-20(13-29(41-18(3)4)31(28)42-19(5)6)11-23-30(21-7-9-24-25(14-21)35-44-34-24)32(36)43-33(23,37)22-8-10-26-27(15-22)39-16-38-26;1-10(2)18-14-7-13(9-17)8-15(19-11(3)4)16(14)20-12(5)6/h7-10,12-15,17-19,37H,11,16H2,1-6H3;7-12H,1-6H3. The molecule has 0 amide bonds. The Hall–Kier alpha value is -6.06. The molecule has 1 atom stereocenters. The summed E-state index contributed by atoms with van der Waals surface area (Å²) in [7, 11) is 0. The van der Waals surface area contributed by atoms with Crippen molar-refractivity contribution in [3.05, 3.63) is 88.5 Å². The lowest BCUT2D eigenvalue weighted by atomic mass is 9.87. The van der Waals surface area contributed by atoms with Crippen LogP contribution in [0.15, 0.2) is 66.2 Å². The highest BCUT2D eigenvalue weighted by atomic mass is 32.1. The first-order valence-electron chi connectivity index (χ1n) is 21.5. The molecule has 2 aliphatic heterocycles. The number of rotatable bonds is 17. The fourth-order valence-electron chi connectivity index (χ4n) is 6.99.